The van der Waals surface area contributed by atoms with Gasteiger partial charge in [0.15, 0.2) is 0 Å². The number of rotatable bonds is 2. The average Bonchev–Trinajstić information content (AvgIpc) is 2.17. The summed E-state index contributed by atoms with van der Waals surface area (Å²) in [6.07, 6.45) is 0. The van der Waals surface area contributed by atoms with Crippen molar-refractivity contribution in [3.05, 3.63) is 16.4 Å². The first-order valence-electron chi connectivity index (χ1n) is 2.39. The maximum Gasteiger partial charge on any atom is 0.128 e. The number of aromatic amines is 1. The summed E-state index contributed by atoms with van der Waals surface area (Å²) >= 11 is 3.15. The molecule has 0 atom stereocenters. The average molecular weight is 228 g/mol. The second-order valence-corrected chi connectivity index (χ2v) is 2.36. The lowest BCUT2D eigenvalue weighted by atomic mass is 10.4. The first-order valence-corrected chi connectivity index (χ1v) is 3.19. The molecule has 0 spiro atoms. The molecule has 0 saturated carbocycles. The zero-order chi connectivity index (χ0) is 6.69. The molecule has 4 nitrogen and oxygen atoms in total. The standard InChI is InChI=1S/C4H6BrN3O.ClH/c5-4-1-3(2-6-9)7-8-4;/h1,6,9H,2H2,(H,7,8);1H. The Kier molecular flexibility index (Phi) is 4.63. The number of H-pyrrole nitrogens is 1. The van der Waals surface area contributed by atoms with Crippen LogP contribution in [0.15, 0.2) is 10.7 Å². The SMILES string of the molecule is Cl.ONCc1cc(Br)n[nH]1. The predicted molar refractivity (Wildman–Crippen MR) is 42.2 cm³/mol. The molecular formula is C4H7BrClN3O. The Bertz CT molecular complexity index is 192. The minimum absolute atomic E-state index is 0. The van der Waals surface area contributed by atoms with Crippen LogP contribution in [0.3, 0.4) is 0 Å². The molecule has 1 rings (SSSR count). The summed E-state index contributed by atoms with van der Waals surface area (Å²) < 4.78 is 0.743. The van der Waals surface area contributed by atoms with Crippen molar-refractivity contribution < 1.29 is 5.21 Å². The molecule has 6 heteroatoms. The van der Waals surface area contributed by atoms with Gasteiger partial charge in [0.1, 0.15) is 4.60 Å². The molecule has 0 saturated heterocycles. The van der Waals surface area contributed by atoms with Crippen LogP contribution in [0.4, 0.5) is 0 Å². The van der Waals surface area contributed by atoms with Crippen LogP contribution < -0.4 is 5.48 Å². The van der Waals surface area contributed by atoms with Gasteiger partial charge >= 0.3 is 0 Å². The summed E-state index contributed by atoms with van der Waals surface area (Å²) in [5.41, 5.74) is 2.84. The van der Waals surface area contributed by atoms with Crippen molar-refractivity contribution in [1.29, 1.82) is 0 Å². The molecule has 0 bridgehead atoms. The van der Waals surface area contributed by atoms with Gasteiger partial charge in [-0.25, -0.2) is 0 Å². The largest absolute Gasteiger partial charge is 0.316 e. The molecule has 0 aromatic carbocycles. The monoisotopic (exact) mass is 227 g/mol. The van der Waals surface area contributed by atoms with E-state index in [-0.39, 0.29) is 12.4 Å². The summed E-state index contributed by atoms with van der Waals surface area (Å²) in [5.74, 6) is 0. The molecule has 3 N–H and O–H groups in total. The molecule has 58 valence electrons. The third-order valence-electron chi connectivity index (χ3n) is 0.869. The van der Waals surface area contributed by atoms with Gasteiger partial charge in [-0.15, -0.1) is 12.4 Å². The maximum absolute atomic E-state index is 8.22. The molecule has 0 aliphatic rings. The topological polar surface area (TPSA) is 60.9 Å². The first-order chi connectivity index (χ1) is 4.33. The van der Waals surface area contributed by atoms with Crippen molar-refractivity contribution in [3.8, 4) is 0 Å². The van der Waals surface area contributed by atoms with Crippen LogP contribution in [-0.2, 0) is 6.54 Å². The molecular weight excluding hydrogens is 221 g/mol. The minimum atomic E-state index is 0. The van der Waals surface area contributed by atoms with Gasteiger partial charge in [0.05, 0.1) is 12.2 Å². The molecule has 1 aromatic rings. The minimum Gasteiger partial charge on any atom is -0.316 e. The number of hydrogen-bond donors (Lipinski definition) is 3. The fraction of sp³-hybridized carbons (Fsp3) is 0.250. The molecule has 0 amide bonds. The Morgan fingerprint density at radius 2 is 2.50 bits per heavy atom. The van der Waals surface area contributed by atoms with Gasteiger partial charge in [-0.3, -0.25) is 5.10 Å². The van der Waals surface area contributed by atoms with Crippen LogP contribution in [0, 0.1) is 0 Å². The van der Waals surface area contributed by atoms with E-state index >= 15 is 0 Å². The van der Waals surface area contributed by atoms with Crippen LogP contribution in [0.5, 0.6) is 0 Å². The van der Waals surface area contributed by atoms with Crippen molar-refractivity contribution in [2.45, 2.75) is 6.54 Å². The zero-order valence-electron chi connectivity index (χ0n) is 4.97. The van der Waals surface area contributed by atoms with E-state index in [9.17, 15) is 0 Å². The van der Waals surface area contributed by atoms with Crippen LogP contribution in [0.2, 0.25) is 0 Å². The van der Waals surface area contributed by atoms with E-state index in [1.165, 1.54) is 0 Å². The molecule has 0 aliphatic heterocycles. The van der Waals surface area contributed by atoms with Crippen LogP contribution in [0.1, 0.15) is 5.69 Å². The van der Waals surface area contributed by atoms with Gasteiger partial charge in [-0.05, 0) is 22.0 Å². The Hall–Kier alpha value is -0.100. The van der Waals surface area contributed by atoms with Gasteiger partial charge in [-0.1, -0.05) is 0 Å². The van der Waals surface area contributed by atoms with Gasteiger partial charge in [-0.2, -0.15) is 10.6 Å². The number of halogens is 2. The van der Waals surface area contributed by atoms with Crippen LogP contribution >= 0.6 is 28.3 Å². The second kappa shape index (κ2) is 4.68. The lowest BCUT2D eigenvalue weighted by Crippen LogP contribution is -2.05. The highest BCUT2D eigenvalue weighted by molar-refractivity contribution is 9.10. The summed E-state index contributed by atoms with van der Waals surface area (Å²) in [4.78, 5) is 0. The third-order valence-corrected chi connectivity index (χ3v) is 1.28. The first kappa shape index (κ1) is 9.90. The van der Waals surface area contributed by atoms with E-state index in [0.29, 0.717) is 6.54 Å². The quantitative estimate of drug-likeness (QED) is 0.664. The molecule has 0 fully saturated rings. The number of nitrogens with one attached hydrogen (secondary N) is 2. The molecule has 0 aliphatic carbocycles. The lowest BCUT2D eigenvalue weighted by Gasteiger charge is -1.88. The van der Waals surface area contributed by atoms with Gasteiger partial charge in [0, 0.05) is 0 Å². The summed E-state index contributed by atoms with van der Waals surface area (Å²) in [7, 11) is 0. The van der Waals surface area contributed by atoms with Crippen molar-refractivity contribution in [2.75, 3.05) is 0 Å². The Morgan fingerprint density at radius 3 is 2.90 bits per heavy atom. The van der Waals surface area contributed by atoms with E-state index < -0.39 is 0 Å². The van der Waals surface area contributed by atoms with Crippen LogP contribution in [-0.4, -0.2) is 15.4 Å². The smallest absolute Gasteiger partial charge is 0.128 e. The van der Waals surface area contributed by atoms with E-state index in [1.807, 2.05) is 5.48 Å². The maximum atomic E-state index is 8.22. The molecule has 1 aromatic heterocycles. The number of nitrogens with zero attached hydrogens (tertiary/aromatic N) is 1. The summed E-state index contributed by atoms with van der Waals surface area (Å²) in [6, 6.07) is 1.78. The zero-order valence-corrected chi connectivity index (χ0v) is 7.37. The van der Waals surface area contributed by atoms with Crippen LogP contribution in [0.25, 0.3) is 0 Å². The highest BCUT2D eigenvalue weighted by Gasteiger charge is 1.94. The highest BCUT2D eigenvalue weighted by Crippen LogP contribution is 2.05. The number of hydrogen-bond acceptors (Lipinski definition) is 3. The van der Waals surface area contributed by atoms with Crippen molar-refractivity contribution >= 4 is 28.3 Å². The van der Waals surface area contributed by atoms with Crippen molar-refractivity contribution in [2.24, 2.45) is 0 Å². The Morgan fingerprint density at radius 1 is 1.80 bits per heavy atom. The van der Waals surface area contributed by atoms with Crippen molar-refractivity contribution in [1.82, 2.24) is 15.7 Å². The van der Waals surface area contributed by atoms with E-state index in [4.69, 9.17) is 5.21 Å². The number of aromatic nitrogens is 2. The summed E-state index contributed by atoms with van der Waals surface area (Å²) in [5, 5.41) is 14.7. The van der Waals surface area contributed by atoms with Gasteiger partial charge < -0.3 is 5.21 Å². The van der Waals surface area contributed by atoms with Gasteiger partial charge in [0.25, 0.3) is 0 Å². The molecule has 1 heterocycles. The molecule has 10 heavy (non-hydrogen) atoms. The fourth-order valence-corrected chi connectivity index (χ4v) is 0.874. The van der Waals surface area contributed by atoms with E-state index in [2.05, 4.69) is 26.1 Å². The third kappa shape index (κ3) is 2.66. The molecule has 0 unspecified atom stereocenters. The Labute approximate surface area is 72.5 Å². The fourth-order valence-electron chi connectivity index (χ4n) is 0.509. The summed E-state index contributed by atoms with van der Waals surface area (Å²) in [6.45, 7) is 0.387. The van der Waals surface area contributed by atoms with Gasteiger partial charge in [0.2, 0.25) is 0 Å². The van der Waals surface area contributed by atoms with E-state index in [1.54, 1.807) is 6.07 Å². The normalized spacial score (nSPS) is 9.00. The second-order valence-electron chi connectivity index (χ2n) is 1.55. The Balaban J connectivity index is 0.000000810. The van der Waals surface area contributed by atoms with E-state index in [0.717, 1.165) is 10.3 Å². The number of hydroxylamine groups is 1. The highest BCUT2D eigenvalue weighted by atomic mass is 79.9. The van der Waals surface area contributed by atoms with Crippen molar-refractivity contribution in [3.63, 3.8) is 0 Å². The lowest BCUT2D eigenvalue weighted by molar-refractivity contribution is 0.160. The predicted octanol–water partition coefficient (Wildman–Crippen LogP) is 1.07. The molecule has 0 radical (unpaired) electrons.